The average molecular weight is 470 g/mol. The molecule has 3 rings (SSSR count). The Morgan fingerprint density at radius 2 is 2.07 bits per heavy atom. The van der Waals surface area contributed by atoms with Gasteiger partial charge >= 0.3 is 0 Å². The van der Waals surface area contributed by atoms with Gasteiger partial charge in [0, 0.05) is 18.0 Å². The lowest BCUT2D eigenvalue weighted by molar-refractivity contribution is -0.123. The molecular weight excluding hydrogens is 445 g/mol. The Hall–Kier alpha value is -1.77. The monoisotopic (exact) mass is 469 g/mol. The van der Waals surface area contributed by atoms with Crippen molar-refractivity contribution < 1.29 is 9.59 Å². The van der Waals surface area contributed by atoms with Crippen LogP contribution >= 0.6 is 35.0 Å². The van der Waals surface area contributed by atoms with Gasteiger partial charge in [0.05, 0.1) is 17.1 Å². The van der Waals surface area contributed by atoms with E-state index in [-0.39, 0.29) is 23.0 Å². The van der Waals surface area contributed by atoms with Gasteiger partial charge in [-0.3, -0.25) is 9.59 Å². The highest BCUT2D eigenvalue weighted by molar-refractivity contribution is 7.98. The molecule has 2 N–H and O–H groups in total. The Kier molecular flexibility index (Phi) is 8.41. The lowest BCUT2D eigenvalue weighted by Crippen LogP contribution is -2.47. The van der Waals surface area contributed by atoms with Crippen LogP contribution in [0.3, 0.4) is 0 Å². The Morgan fingerprint density at radius 1 is 1.23 bits per heavy atom. The van der Waals surface area contributed by atoms with Gasteiger partial charge in [0.1, 0.15) is 11.9 Å². The van der Waals surface area contributed by atoms with Gasteiger partial charge in [-0.2, -0.15) is 11.8 Å². The summed E-state index contributed by atoms with van der Waals surface area (Å²) < 4.78 is 2.09. The third-order valence-corrected chi connectivity index (χ3v) is 6.21. The van der Waals surface area contributed by atoms with Crippen molar-refractivity contribution in [3.63, 3.8) is 0 Å². The molecule has 162 valence electrons. The second-order valence-electron chi connectivity index (χ2n) is 7.14. The molecule has 1 aliphatic rings. The van der Waals surface area contributed by atoms with Gasteiger partial charge in [0.15, 0.2) is 5.82 Å². The maximum Gasteiger partial charge on any atom is 0.253 e. The fraction of sp³-hybridized carbons (Fsp3) is 0.500. The number of halogens is 2. The first kappa shape index (κ1) is 22.9. The highest BCUT2D eigenvalue weighted by Gasteiger charge is 2.23. The van der Waals surface area contributed by atoms with E-state index in [2.05, 4.69) is 25.4 Å². The van der Waals surface area contributed by atoms with Crippen LogP contribution in [0, 0.1) is 0 Å². The van der Waals surface area contributed by atoms with Gasteiger partial charge in [-0.05, 0) is 49.5 Å². The molecule has 0 bridgehead atoms. The molecule has 0 radical (unpaired) electrons. The zero-order chi connectivity index (χ0) is 21.5. The number of amides is 2. The molecule has 1 unspecified atom stereocenters. The highest BCUT2D eigenvalue weighted by Crippen LogP contribution is 2.21. The molecule has 1 aromatic carbocycles. The summed E-state index contributed by atoms with van der Waals surface area (Å²) in [5, 5.41) is 14.9. The molecule has 0 saturated heterocycles. The van der Waals surface area contributed by atoms with Crippen LogP contribution in [0.1, 0.15) is 47.7 Å². The van der Waals surface area contributed by atoms with E-state index in [1.165, 1.54) is 12.5 Å². The number of thioether (sulfide) groups is 1. The van der Waals surface area contributed by atoms with Crippen molar-refractivity contribution >= 4 is 46.8 Å². The number of hydrogen-bond donors (Lipinski definition) is 2. The van der Waals surface area contributed by atoms with Crippen LogP contribution < -0.4 is 10.6 Å². The molecule has 30 heavy (non-hydrogen) atoms. The minimum absolute atomic E-state index is 0.246. The number of rotatable bonds is 8. The molecule has 0 saturated carbocycles. The van der Waals surface area contributed by atoms with E-state index < -0.39 is 11.9 Å². The van der Waals surface area contributed by atoms with Crippen LogP contribution in [0.2, 0.25) is 10.0 Å². The van der Waals surface area contributed by atoms with E-state index in [1.54, 1.807) is 23.9 Å². The fourth-order valence-electron chi connectivity index (χ4n) is 3.38. The lowest BCUT2D eigenvalue weighted by atomic mass is 10.1. The summed E-state index contributed by atoms with van der Waals surface area (Å²) in [4.78, 5) is 25.5. The first-order valence-corrected chi connectivity index (χ1v) is 12.1. The minimum atomic E-state index is -0.678. The van der Waals surface area contributed by atoms with Crippen LogP contribution in [0.15, 0.2) is 18.2 Å². The number of benzene rings is 1. The number of fused-ring (bicyclic) bond motifs is 1. The molecule has 0 fully saturated rings. The standard InChI is InChI=1S/C20H25Cl2N5O2S/c1-30-10-8-16(24-19(28)14-7-6-13(21)11-15(14)22)20(29)23-12-18-26-25-17-5-3-2-4-9-27(17)18/h6-7,11,16H,2-5,8-10,12H2,1H3,(H,23,29)(H,24,28). The third-order valence-electron chi connectivity index (χ3n) is 5.02. The molecular formula is C20H25Cl2N5O2S. The number of carbonyl (C=O) groups is 2. The summed E-state index contributed by atoms with van der Waals surface area (Å²) in [5.41, 5.74) is 0.283. The molecule has 2 aromatic rings. The summed E-state index contributed by atoms with van der Waals surface area (Å²) in [5.74, 6) is 1.78. The molecule has 1 aromatic heterocycles. The Morgan fingerprint density at radius 3 is 2.83 bits per heavy atom. The summed E-state index contributed by atoms with van der Waals surface area (Å²) in [6, 6.07) is 3.97. The Balaban J connectivity index is 1.65. The molecule has 2 amide bonds. The summed E-state index contributed by atoms with van der Waals surface area (Å²) in [6.07, 6.45) is 6.74. The molecule has 2 heterocycles. The minimum Gasteiger partial charge on any atom is -0.347 e. The SMILES string of the molecule is CSCCC(NC(=O)c1ccc(Cl)cc1Cl)C(=O)NCc1nnc2n1CCCCC2. The van der Waals surface area contributed by atoms with Gasteiger partial charge in [-0.25, -0.2) is 0 Å². The number of nitrogens with one attached hydrogen (secondary N) is 2. The van der Waals surface area contributed by atoms with Crippen LogP contribution in [0.25, 0.3) is 0 Å². The maximum absolute atomic E-state index is 12.8. The van der Waals surface area contributed by atoms with Crippen molar-refractivity contribution in [2.24, 2.45) is 0 Å². The second kappa shape index (κ2) is 11.0. The van der Waals surface area contributed by atoms with Gasteiger partial charge in [0.25, 0.3) is 5.91 Å². The summed E-state index contributed by atoms with van der Waals surface area (Å²) in [6.45, 7) is 1.15. The smallest absolute Gasteiger partial charge is 0.253 e. The molecule has 1 aliphatic heterocycles. The van der Waals surface area contributed by atoms with Crippen LogP contribution in [0.4, 0.5) is 0 Å². The molecule has 7 nitrogen and oxygen atoms in total. The Labute approximate surface area is 190 Å². The van der Waals surface area contributed by atoms with Gasteiger partial charge in [0.2, 0.25) is 5.91 Å². The van der Waals surface area contributed by atoms with E-state index in [4.69, 9.17) is 23.2 Å². The van der Waals surface area contributed by atoms with Gasteiger partial charge in [-0.15, -0.1) is 10.2 Å². The second-order valence-corrected chi connectivity index (χ2v) is 8.97. The quantitative estimate of drug-likeness (QED) is 0.617. The number of carbonyl (C=O) groups excluding carboxylic acids is 2. The van der Waals surface area contributed by atoms with Crippen molar-refractivity contribution in [3.05, 3.63) is 45.5 Å². The third kappa shape index (κ3) is 5.89. The normalized spacial score (nSPS) is 14.5. The lowest BCUT2D eigenvalue weighted by Gasteiger charge is -2.19. The molecule has 1 atom stereocenters. The van der Waals surface area contributed by atoms with E-state index in [0.717, 1.165) is 43.2 Å². The van der Waals surface area contributed by atoms with Crippen LogP contribution in [-0.4, -0.2) is 44.6 Å². The highest BCUT2D eigenvalue weighted by atomic mass is 35.5. The van der Waals surface area contributed by atoms with E-state index in [9.17, 15) is 9.59 Å². The topological polar surface area (TPSA) is 88.9 Å². The number of nitrogens with zero attached hydrogens (tertiary/aromatic N) is 3. The zero-order valence-corrected chi connectivity index (χ0v) is 19.1. The van der Waals surface area contributed by atoms with Crippen molar-refractivity contribution in [3.8, 4) is 0 Å². The van der Waals surface area contributed by atoms with Crippen molar-refractivity contribution in [1.82, 2.24) is 25.4 Å². The van der Waals surface area contributed by atoms with Crippen molar-refractivity contribution in [2.45, 2.75) is 51.2 Å². The molecule has 10 heteroatoms. The maximum atomic E-state index is 12.8. The first-order chi connectivity index (χ1) is 14.5. The Bertz CT molecular complexity index is 905. The predicted octanol–water partition coefficient (Wildman–Crippen LogP) is 3.48. The van der Waals surface area contributed by atoms with E-state index in [0.29, 0.717) is 11.4 Å². The largest absolute Gasteiger partial charge is 0.347 e. The average Bonchev–Trinajstić information content (AvgIpc) is 2.95. The summed E-state index contributed by atoms with van der Waals surface area (Å²) >= 11 is 13.6. The van der Waals surface area contributed by atoms with Gasteiger partial charge < -0.3 is 15.2 Å². The zero-order valence-electron chi connectivity index (χ0n) is 16.8. The van der Waals surface area contributed by atoms with Gasteiger partial charge in [-0.1, -0.05) is 29.6 Å². The number of aromatic nitrogens is 3. The van der Waals surface area contributed by atoms with Crippen LogP contribution in [0.5, 0.6) is 0 Å². The first-order valence-electron chi connectivity index (χ1n) is 9.93. The molecule has 0 spiro atoms. The van der Waals surface area contributed by atoms with Crippen LogP contribution in [-0.2, 0) is 24.3 Å². The number of hydrogen-bond acceptors (Lipinski definition) is 5. The number of aryl methyl sites for hydroxylation is 1. The van der Waals surface area contributed by atoms with Crippen molar-refractivity contribution in [1.29, 1.82) is 0 Å². The summed E-state index contributed by atoms with van der Waals surface area (Å²) in [7, 11) is 0. The van der Waals surface area contributed by atoms with E-state index in [1.807, 2.05) is 6.26 Å². The van der Waals surface area contributed by atoms with E-state index >= 15 is 0 Å². The predicted molar refractivity (Wildman–Crippen MR) is 120 cm³/mol. The molecule has 0 aliphatic carbocycles. The fourth-order valence-corrected chi connectivity index (χ4v) is 4.35. The van der Waals surface area contributed by atoms with Crippen molar-refractivity contribution in [2.75, 3.05) is 12.0 Å².